The molecule has 5 nitrogen and oxygen atoms in total. The van der Waals surface area contributed by atoms with Crippen molar-refractivity contribution in [3.05, 3.63) is 71.9 Å². The van der Waals surface area contributed by atoms with Crippen LogP contribution in [0.15, 0.2) is 60.8 Å². The molecule has 2 amide bonds. The van der Waals surface area contributed by atoms with Crippen molar-refractivity contribution in [3.8, 4) is 0 Å². The number of fused-ring (bicyclic) bond motifs is 2. The standard InChI is InChI=1S/C19H15N3O2/c23-18-14-7-1-2-8-15(14)19(24)22(18)12-11-20-16-9-3-5-13-6-4-10-21-17(13)16/h1-10,20H,11-12H2. The van der Waals surface area contributed by atoms with Crippen molar-refractivity contribution in [2.45, 2.75) is 0 Å². The van der Waals surface area contributed by atoms with Gasteiger partial charge in [0.1, 0.15) is 0 Å². The molecule has 0 bridgehead atoms. The van der Waals surface area contributed by atoms with Crippen LogP contribution in [0.25, 0.3) is 10.9 Å². The van der Waals surface area contributed by atoms with Gasteiger partial charge in [0.2, 0.25) is 0 Å². The summed E-state index contributed by atoms with van der Waals surface area (Å²) in [6, 6.07) is 16.7. The number of carbonyl (C=O) groups is 2. The fraction of sp³-hybridized carbons (Fsp3) is 0.105. The summed E-state index contributed by atoms with van der Waals surface area (Å²) < 4.78 is 0. The van der Waals surface area contributed by atoms with Crippen LogP contribution in [-0.4, -0.2) is 34.8 Å². The van der Waals surface area contributed by atoms with Crippen molar-refractivity contribution in [1.82, 2.24) is 9.88 Å². The van der Waals surface area contributed by atoms with E-state index in [-0.39, 0.29) is 11.8 Å². The first-order chi connectivity index (χ1) is 11.8. The second-order valence-electron chi connectivity index (χ2n) is 5.61. The summed E-state index contributed by atoms with van der Waals surface area (Å²) in [7, 11) is 0. The largest absolute Gasteiger partial charge is 0.381 e. The smallest absolute Gasteiger partial charge is 0.261 e. The molecule has 1 aliphatic heterocycles. The molecule has 2 heterocycles. The Morgan fingerprint density at radius 2 is 1.58 bits per heavy atom. The maximum absolute atomic E-state index is 12.3. The van der Waals surface area contributed by atoms with Gasteiger partial charge in [-0.1, -0.05) is 30.3 Å². The highest BCUT2D eigenvalue weighted by Gasteiger charge is 2.34. The van der Waals surface area contributed by atoms with Crippen molar-refractivity contribution in [3.63, 3.8) is 0 Å². The fourth-order valence-corrected chi connectivity index (χ4v) is 2.99. The number of aromatic nitrogens is 1. The van der Waals surface area contributed by atoms with E-state index < -0.39 is 0 Å². The van der Waals surface area contributed by atoms with Crippen molar-refractivity contribution < 1.29 is 9.59 Å². The molecular formula is C19H15N3O2. The lowest BCUT2D eigenvalue weighted by Gasteiger charge is -2.15. The highest BCUT2D eigenvalue weighted by Crippen LogP contribution is 2.23. The number of nitrogens with zero attached hydrogens (tertiary/aromatic N) is 2. The molecule has 0 saturated carbocycles. The predicted molar refractivity (Wildman–Crippen MR) is 92.0 cm³/mol. The molecule has 0 unspecified atom stereocenters. The molecule has 5 heteroatoms. The van der Waals surface area contributed by atoms with Crippen molar-refractivity contribution in [2.75, 3.05) is 18.4 Å². The van der Waals surface area contributed by atoms with E-state index in [9.17, 15) is 9.59 Å². The molecule has 3 aromatic rings. The van der Waals surface area contributed by atoms with Crippen LogP contribution in [0.5, 0.6) is 0 Å². The molecule has 0 spiro atoms. The molecule has 1 aromatic heterocycles. The van der Waals surface area contributed by atoms with Gasteiger partial charge >= 0.3 is 0 Å². The molecule has 0 fully saturated rings. The van der Waals surface area contributed by atoms with E-state index in [1.807, 2.05) is 30.3 Å². The first-order valence-corrected chi connectivity index (χ1v) is 7.78. The Hall–Kier alpha value is -3.21. The van der Waals surface area contributed by atoms with Gasteiger partial charge in [0.05, 0.1) is 22.3 Å². The number of nitrogens with one attached hydrogen (secondary N) is 1. The molecule has 4 rings (SSSR count). The third kappa shape index (κ3) is 2.31. The van der Waals surface area contributed by atoms with Gasteiger partial charge in [-0.25, -0.2) is 0 Å². The van der Waals surface area contributed by atoms with Gasteiger partial charge in [-0.3, -0.25) is 19.5 Å². The number of amides is 2. The van der Waals surface area contributed by atoms with Crippen molar-refractivity contribution >= 4 is 28.4 Å². The molecule has 1 N–H and O–H groups in total. The summed E-state index contributed by atoms with van der Waals surface area (Å²) in [6.07, 6.45) is 1.75. The van der Waals surface area contributed by atoms with E-state index in [2.05, 4.69) is 10.3 Å². The third-order valence-corrected chi connectivity index (χ3v) is 4.16. The Labute approximate surface area is 138 Å². The topological polar surface area (TPSA) is 62.3 Å². The Bertz CT molecular complexity index is 912. The number of benzene rings is 2. The van der Waals surface area contributed by atoms with Crippen LogP contribution in [0.2, 0.25) is 0 Å². The van der Waals surface area contributed by atoms with E-state index in [0.717, 1.165) is 16.6 Å². The Balaban J connectivity index is 1.49. The average Bonchev–Trinajstić information content (AvgIpc) is 2.87. The summed E-state index contributed by atoms with van der Waals surface area (Å²) >= 11 is 0. The molecule has 2 aromatic carbocycles. The lowest BCUT2D eigenvalue weighted by atomic mass is 10.1. The molecule has 24 heavy (non-hydrogen) atoms. The predicted octanol–water partition coefficient (Wildman–Crippen LogP) is 2.94. The summed E-state index contributed by atoms with van der Waals surface area (Å²) in [5, 5.41) is 4.32. The van der Waals surface area contributed by atoms with Crippen LogP contribution in [0, 0.1) is 0 Å². The van der Waals surface area contributed by atoms with Crippen LogP contribution in [0.4, 0.5) is 5.69 Å². The molecular weight excluding hydrogens is 302 g/mol. The third-order valence-electron chi connectivity index (χ3n) is 4.16. The quantitative estimate of drug-likeness (QED) is 0.752. The molecule has 0 saturated heterocycles. The minimum Gasteiger partial charge on any atom is -0.381 e. The Morgan fingerprint density at radius 3 is 2.33 bits per heavy atom. The van der Waals surface area contributed by atoms with Crippen LogP contribution in [-0.2, 0) is 0 Å². The minimum atomic E-state index is -0.228. The van der Waals surface area contributed by atoms with E-state index in [1.54, 1.807) is 30.5 Å². The number of rotatable bonds is 4. The first-order valence-electron chi connectivity index (χ1n) is 7.78. The maximum Gasteiger partial charge on any atom is 0.261 e. The fourth-order valence-electron chi connectivity index (χ4n) is 2.99. The highest BCUT2D eigenvalue weighted by atomic mass is 16.2. The van der Waals surface area contributed by atoms with Gasteiger partial charge in [-0.2, -0.15) is 0 Å². The zero-order valence-electron chi connectivity index (χ0n) is 12.9. The summed E-state index contributed by atoms with van der Waals surface area (Å²) in [6.45, 7) is 0.788. The Morgan fingerprint density at radius 1 is 0.875 bits per heavy atom. The number of pyridine rings is 1. The van der Waals surface area contributed by atoms with E-state index >= 15 is 0 Å². The molecule has 1 aliphatic rings. The maximum atomic E-state index is 12.3. The van der Waals surface area contributed by atoms with E-state index in [0.29, 0.717) is 24.2 Å². The summed E-state index contributed by atoms with van der Waals surface area (Å²) in [4.78, 5) is 30.3. The average molecular weight is 317 g/mol. The van der Waals surface area contributed by atoms with Crippen LogP contribution >= 0.6 is 0 Å². The SMILES string of the molecule is O=C1c2ccccc2C(=O)N1CCNc1cccc2cccnc12. The highest BCUT2D eigenvalue weighted by molar-refractivity contribution is 6.21. The monoisotopic (exact) mass is 317 g/mol. The van der Waals surface area contributed by atoms with Crippen LogP contribution in [0.1, 0.15) is 20.7 Å². The van der Waals surface area contributed by atoms with Gasteiger partial charge in [0.25, 0.3) is 11.8 Å². The normalized spacial score (nSPS) is 13.4. The summed E-state index contributed by atoms with van der Waals surface area (Å²) in [5.41, 5.74) is 2.73. The van der Waals surface area contributed by atoms with Gasteiger partial charge in [0.15, 0.2) is 0 Å². The molecule has 118 valence electrons. The minimum absolute atomic E-state index is 0.228. The second kappa shape index (κ2) is 5.77. The van der Waals surface area contributed by atoms with Crippen molar-refractivity contribution in [2.24, 2.45) is 0 Å². The zero-order chi connectivity index (χ0) is 16.5. The number of carbonyl (C=O) groups excluding carboxylic acids is 2. The number of hydrogen-bond acceptors (Lipinski definition) is 4. The molecule has 0 aliphatic carbocycles. The lowest BCUT2D eigenvalue weighted by molar-refractivity contribution is 0.0660. The lowest BCUT2D eigenvalue weighted by Crippen LogP contribution is -2.34. The van der Waals surface area contributed by atoms with Gasteiger partial charge < -0.3 is 5.32 Å². The number of anilines is 1. The molecule has 0 radical (unpaired) electrons. The van der Waals surface area contributed by atoms with Gasteiger partial charge in [-0.15, -0.1) is 0 Å². The van der Waals surface area contributed by atoms with E-state index in [1.165, 1.54) is 4.90 Å². The first kappa shape index (κ1) is 14.4. The van der Waals surface area contributed by atoms with Crippen LogP contribution in [0.3, 0.4) is 0 Å². The van der Waals surface area contributed by atoms with Gasteiger partial charge in [0, 0.05) is 24.7 Å². The second-order valence-corrected chi connectivity index (χ2v) is 5.61. The zero-order valence-corrected chi connectivity index (χ0v) is 12.9. The van der Waals surface area contributed by atoms with E-state index in [4.69, 9.17) is 0 Å². The molecule has 0 atom stereocenters. The Kier molecular flexibility index (Phi) is 3.46. The number of hydrogen-bond donors (Lipinski definition) is 1. The summed E-state index contributed by atoms with van der Waals surface area (Å²) in [5.74, 6) is -0.457. The van der Waals surface area contributed by atoms with Crippen LogP contribution < -0.4 is 5.32 Å². The van der Waals surface area contributed by atoms with Crippen molar-refractivity contribution in [1.29, 1.82) is 0 Å². The number of imide groups is 1. The van der Waals surface area contributed by atoms with Gasteiger partial charge in [-0.05, 0) is 24.3 Å². The number of para-hydroxylation sites is 1.